The number of para-hydroxylation sites is 1. The first-order chi connectivity index (χ1) is 13.7. The lowest BCUT2D eigenvalue weighted by Crippen LogP contribution is -2.43. The average molecular weight is 395 g/mol. The van der Waals surface area contributed by atoms with E-state index in [2.05, 4.69) is 0 Å². The van der Waals surface area contributed by atoms with E-state index in [1.165, 1.54) is 0 Å². The molecule has 0 aliphatic carbocycles. The van der Waals surface area contributed by atoms with Gasteiger partial charge in [-0.3, -0.25) is 4.79 Å². The van der Waals surface area contributed by atoms with Crippen molar-refractivity contribution >= 4 is 28.4 Å². The van der Waals surface area contributed by atoms with Crippen LogP contribution in [0.5, 0.6) is 0 Å². The molecule has 0 bridgehead atoms. The molecule has 28 heavy (non-hydrogen) atoms. The molecule has 1 aromatic heterocycles. The van der Waals surface area contributed by atoms with Crippen molar-refractivity contribution in [3.63, 3.8) is 0 Å². The van der Waals surface area contributed by atoms with Gasteiger partial charge in [0.15, 0.2) is 0 Å². The Morgan fingerprint density at radius 3 is 2.79 bits per heavy atom. The van der Waals surface area contributed by atoms with E-state index in [4.69, 9.17) is 21.3 Å². The number of rotatable bonds is 4. The molecular formula is C23H23ClN2O2. The van der Waals surface area contributed by atoms with Crippen LogP contribution in [0.25, 0.3) is 22.2 Å². The maximum atomic E-state index is 13.4. The standard InChI is InChI=1S/C23H23ClN2O2/c1-2-28-18-6-5-13-26(15-18)23(27)20-14-22(16-9-11-17(24)12-10-16)25-21-8-4-3-7-19(20)21/h3-4,7-12,14,18H,2,5-6,13,15H2,1H3. The number of carbonyl (C=O) groups excluding carboxylic acids is 1. The van der Waals surface area contributed by atoms with Gasteiger partial charge < -0.3 is 9.64 Å². The minimum Gasteiger partial charge on any atom is -0.377 e. The number of halogens is 1. The van der Waals surface area contributed by atoms with Gasteiger partial charge in [-0.25, -0.2) is 4.98 Å². The molecule has 1 amide bonds. The summed E-state index contributed by atoms with van der Waals surface area (Å²) in [5, 5.41) is 1.56. The largest absolute Gasteiger partial charge is 0.377 e. The number of piperidine rings is 1. The van der Waals surface area contributed by atoms with Crippen molar-refractivity contribution in [1.29, 1.82) is 0 Å². The molecule has 0 saturated carbocycles. The Bertz CT molecular complexity index is 986. The van der Waals surface area contributed by atoms with Crippen LogP contribution in [0.2, 0.25) is 5.02 Å². The number of amides is 1. The summed E-state index contributed by atoms with van der Waals surface area (Å²) in [5.74, 6) is 0.0400. The topological polar surface area (TPSA) is 42.4 Å². The van der Waals surface area contributed by atoms with Crippen LogP contribution < -0.4 is 0 Å². The lowest BCUT2D eigenvalue weighted by molar-refractivity contribution is 0.00731. The van der Waals surface area contributed by atoms with Crippen molar-refractivity contribution in [2.24, 2.45) is 0 Å². The van der Waals surface area contributed by atoms with Crippen LogP contribution in [0.4, 0.5) is 0 Å². The Labute approximate surface area is 170 Å². The Balaban J connectivity index is 1.74. The maximum absolute atomic E-state index is 13.4. The number of nitrogens with zero attached hydrogens (tertiary/aromatic N) is 2. The van der Waals surface area contributed by atoms with E-state index in [1.54, 1.807) is 0 Å². The van der Waals surface area contributed by atoms with Gasteiger partial charge in [0, 0.05) is 35.7 Å². The van der Waals surface area contributed by atoms with Crippen LogP contribution in [-0.2, 0) is 4.74 Å². The highest BCUT2D eigenvalue weighted by atomic mass is 35.5. The summed E-state index contributed by atoms with van der Waals surface area (Å²) in [4.78, 5) is 20.1. The number of likely N-dealkylation sites (tertiary alicyclic amines) is 1. The zero-order chi connectivity index (χ0) is 19.5. The second-order valence-electron chi connectivity index (χ2n) is 7.05. The highest BCUT2D eigenvalue weighted by Gasteiger charge is 2.26. The third kappa shape index (κ3) is 3.89. The highest BCUT2D eigenvalue weighted by Crippen LogP contribution is 2.27. The number of carbonyl (C=O) groups is 1. The second-order valence-corrected chi connectivity index (χ2v) is 7.49. The van der Waals surface area contributed by atoms with Gasteiger partial charge in [0.1, 0.15) is 0 Å². The molecule has 0 spiro atoms. The zero-order valence-corrected chi connectivity index (χ0v) is 16.7. The smallest absolute Gasteiger partial charge is 0.254 e. The van der Waals surface area contributed by atoms with Crippen LogP contribution in [0, 0.1) is 0 Å². The summed E-state index contributed by atoms with van der Waals surface area (Å²) in [6.45, 7) is 4.07. The molecule has 1 atom stereocenters. The van der Waals surface area contributed by atoms with Gasteiger partial charge in [-0.2, -0.15) is 0 Å². The van der Waals surface area contributed by atoms with Crippen LogP contribution in [0.3, 0.4) is 0 Å². The minimum atomic E-state index is 0.0400. The monoisotopic (exact) mass is 394 g/mol. The van der Waals surface area contributed by atoms with Crippen LogP contribution in [-0.4, -0.2) is 41.6 Å². The number of fused-ring (bicyclic) bond motifs is 1. The molecule has 5 heteroatoms. The predicted molar refractivity (Wildman–Crippen MR) is 113 cm³/mol. The van der Waals surface area contributed by atoms with Gasteiger partial charge in [-0.05, 0) is 44.0 Å². The molecule has 1 aliphatic heterocycles. The Kier molecular flexibility index (Phi) is 5.60. The number of aromatic nitrogens is 1. The Hall–Kier alpha value is -2.43. The summed E-state index contributed by atoms with van der Waals surface area (Å²) >= 11 is 6.02. The van der Waals surface area contributed by atoms with Crippen molar-refractivity contribution in [2.75, 3.05) is 19.7 Å². The molecule has 144 valence electrons. The molecule has 1 fully saturated rings. The van der Waals surface area contributed by atoms with E-state index < -0.39 is 0 Å². The summed E-state index contributed by atoms with van der Waals surface area (Å²) < 4.78 is 5.77. The van der Waals surface area contributed by atoms with Crippen molar-refractivity contribution in [2.45, 2.75) is 25.9 Å². The van der Waals surface area contributed by atoms with E-state index in [0.29, 0.717) is 23.7 Å². The van der Waals surface area contributed by atoms with Crippen molar-refractivity contribution in [3.8, 4) is 11.3 Å². The van der Waals surface area contributed by atoms with E-state index in [-0.39, 0.29) is 12.0 Å². The molecule has 1 saturated heterocycles. The second kappa shape index (κ2) is 8.29. The first-order valence-electron chi connectivity index (χ1n) is 9.72. The van der Waals surface area contributed by atoms with E-state index in [0.717, 1.165) is 41.5 Å². The Morgan fingerprint density at radius 1 is 1.21 bits per heavy atom. The van der Waals surface area contributed by atoms with E-state index in [1.807, 2.05) is 66.4 Å². The first-order valence-corrected chi connectivity index (χ1v) is 10.1. The average Bonchev–Trinajstić information content (AvgIpc) is 2.73. The lowest BCUT2D eigenvalue weighted by Gasteiger charge is -2.32. The molecular weight excluding hydrogens is 372 g/mol. The molecule has 0 N–H and O–H groups in total. The predicted octanol–water partition coefficient (Wildman–Crippen LogP) is 5.20. The Morgan fingerprint density at radius 2 is 2.00 bits per heavy atom. The quantitative estimate of drug-likeness (QED) is 0.611. The van der Waals surface area contributed by atoms with Crippen molar-refractivity contribution in [1.82, 2.24) is 9.88 Å². The molecule has 1 unspecified atom stereocenters. The van der Waals surface area contributed by atoms with Gasteiger partial charge in [0.25, 0.3) is 5.91 Å². The van der Waals surface area contributed by atoms with Gasteiger partial charge >= 0.3 is 0 Å². The summed E-state index contributed by atoms with van der Waals surface area (Å²) in [6.07, 6.45) is 2.08. The molecule has 1 aliphatic rings. The minimum absolute atomic E-state index is 0.0400. The molecule has 2 aromatic carbocycles. The molecule has 2 heterocycles. The van der Waals surface area contributed by atoms with Crippen LogP contribution >= 0.6 is 11.6 Å². The SMILES string of the molecule is CCOC1CCCN(C(=O)c2cc(-c3ccc(Cl)cc3)nc3ccccc23)C1. The van der Waals surface area contributed by atoms with Gasteiger partial charge in [0.2, 0.25) is 0 Å². The highest BCUT2D eigenvalue weighted by molar-refractivity contribution is 6.30. The van der Waals surface area contributed by atoms with E-state index in [9.17, 15) is 4.79 Å². The fourth-order valence-electron chi connectivity index (χ4n) is 3.79. The lowest BCUT2D eigenvalue weighted by atomic mass is 10.0. The molecule has 4 rings (SSSR count). The first kappa shape index (κ1) is 18.9. The third-order valence-corrected chi connectivity index (χ3v) is 5.41. The fourth-order valence-corrected chi connectivity index (χ4v) is 3.91. The van der Waals surface area contributed by atoms with Gasteiger partial charge in [-0.15, -0.1) is 0 Å². The maximum Gasteiger partial charge on any atom is 0.254 e. The number of benzene rings is 2. The molecule has 0 radical (unpaired) electrons. The van der Waals surface area contributed by atoms with Crippen molar-refractivity contribution in [3.05, 3.63) is 65.2 Å². The fraction of sp³-hybridized carbons (Fsp3) is 0.304. The van der Waals surface area contributed by atoms with Gasteiger partial charge in [-0.1, -0.05) is 41.9 Å². The number of hydrogen-bond donors (Lipinski definition) is 0. The number of pyridine rings is 1. The van der Waals surface area contributed by atoms with Crippen LogP contribution in [0.15, 0.2) is 54.6 Å². The molecule has 3 aromatic rings. The zero-order valence-electron chi connectivity index (χ0n) is 15.9. The van der Waals surface area contributed by atoms with Gasteiger partial charge in [0.05, 0.1) is 22.9 Å². The summed E-state index contributed by atoms with van der Waals surface area (Å²) in [7, 11) is 0. The van der Waals surface area contributed by atoms with Crippen molar-refractivity contribution < 1.29 is 9.53 Å². The summed E-state index contributed by atoms with van der Waals surface area (Å²) in [5.41, 5.74) is 3.22. The molecule has 4 nitrogen and oxygen atoms in total. The number of ether oxygens (including phenoxy) is 1. The normalized spacial score (nSPS) is 17.1. The number of hydrogen-bond acceptors (Lipinski definition) is 3. The summed E-state index contributed by atoms with van der Waals surface area (Å²) in [6, 6.07) is 17.2. The van der Waals surface area contributed by atoms with E-state index >= 15 is 0 Å². The third-order valence-electron chi connectivity index (χ3n) is 5.15. The van der Waals surface area contributed by atoms with Crippen LogP contribution in [0.1, 0.15) is 30.1 Å².